The lowest BCUT2D eigenvalue weighted by molar-refractivity contribution is 0.444. The summed E-state index contributed by atoms with van der Waals surface area (Å²) in [6.45, 7) is 0. The summed E-state index contributed by atoms with van der Waals surface area (Å²) >= 11 is 18.9. The van der Waals surface area contributed by atoms with Gasteiger partial charge in [0.1, 0.15) is 23.0 Å². The van der Waals surface area contributed by atoms with Crippen LogP contribution in [0.2, 0.25) is 0 Å². The first-order chi connectivity index (χ1) is 17.1. The minimum atomic E-state index is 0.0363. The normalized spacial score (nSPS) is 13.0. The zero-order chi connectivity index (χ0) is 25.7. The van der Waals surface area contributed by atoms with Crippen molar-refractivity contribution >= 4 is 111 Å². The summed E-state index contributed by atoms with van der Waals surface area (Å²) in [6.07, 6.45) is 0. The van der Waals surface area contributed by atoms with Gasteiger partial charge >= 0.3 is 0 Å². The third-order valence-corrected chi connectivity index (χ3v) is 11.0. The van der Waals surface area contributed by atoms with Gasteiger partial charge in [-0.25, -0.2) is 0 Å². The molecule has 184 valence electrons. The molecule has 4 nitrogen and oxygen atoms in total. The van der Waals surface area contributed by atoms with Gasteiger partial charge in [-0.15, -0.1) is 0 Å². The van der Waals surface area contributed by atoms with E-state index in [9.17, 15) is 20.4 Å². The zero-order valence-corrected chi connectivity index (χ0v) is 27.2. The predicted molar refractivity (Wildman–Crippen MR) is 160 cm³/mol. The molecule has 0 saturated heterocycles. The molecular weight excluding hydrogens is 800 g/mol. The van der Waals surface area contributed by atoms with Crippen LogP contribution < -0.4 is 0 Å². The van der Waals surface area contributed by atoms with Crippen LogP contribution in [0.15, 0.2) is 106 Å². The van der Waals surface area contributed by atoms with Crippen LogP contribution >= 0.6 is 111 Å². The van der Waals surface area contributed by atoms with Crippen molar-refractivity contribution in [3.05, 3.63) is 66.4 Å². The molecule has 0 spiro atoms. The highest BCUT2D eigenvalue weighted by Crippen LogP contribution is 2.54. The monoisotopic (exact) mass is 808 g/mol. The van der Waals surface area contributed by atoms with E-state index in [4.69, 9.17) is 0 Å². The van der Waals surface area contributed by atoms with Crippen LogP contribution in [0.25, 0.3) is 0 Å². The Morgan fingerprint density at radius 3 is 0.611 bits per heavy atom. The van der Waals surface area contributed by atoms with Gasteiger partial charge in [-0.2, -0.15) is 0 Å². The fourth-order valence-corrected chi connectivity index (χ4v) is 10.7. The van der Waals surface area contributed by atoms with Gasteiger partial charge in [0.15, 0.2) is 0 Å². The Labute approximate surface area is 257 Å². The Hall–Kier alpha value is -0.600. The molecule has 0 radical (unpaired) electrons. The molecular formula is C24H12Br4O4S4. The van der Waals surface area contributed by atoms with Crippen molar-refractivity contribution in [1.29, 1.82) is 0 Å². The Balaban J connectivity index is 1.78. The summed E-state index contributed by atoms with van der Waals surface area (Å²) in [5, 5.41) is 44.6. The van der Waals surface area contributed by atoms with Gasteiger partial charge in [0.05, 0.1) is 39.2 Å². The molecule has 5 rings (SSSR count). The van der Waals surface area contributed by atoms with Crippen LogP contribution in [0.4, 0.5) is 0 Å². The summed E-state index contributed by atoms with van der Waals surface area (Å²) in [4.78, 5) is 4.22. The number of aromatic hydroxyl groups is 4. The van der Waals surface area contributed by atoms with E-state index in [0.717, 1.165) is 17.9 Å². The number of phenolic OH excluding ortho intramolecular Hbond substituents is 4. The van der Waals surface area contributed by atoms with Crippen LogP contribution in [0, 0.1) is 0 Å². The number of hydrogen-bond acceptors (Lipinski definition) is 8. The van der Waals surface area contributed by atoms with Gasteiger partial charge in [-0.05, 0) is 48.5 Å². The van der Waals surface area contributed by atoms with Crippen molar-refractivity contribution in [2.75, 3.05) is 0 Å². The lowest BCUT2D eigenvalue weighted by Crippen LogP contribution is -1.88. The second kappa shape index (κ2) is 10.9. The van der Waals surface area contributed by atoms with Crippen molar-refractivity contribution in [1.82, 2.24) is 0 Å². The van der Waals surface area contributed by atoms with Crippen LogP contribution in [-0.2, 0) is 0 Å². The Kier molecular flexibility index (Phi) is 8.15. The van der Waals surface area contributed by atoms with Crippen LogP contribution in [0.1, 0.15) is 0 Å². The first kappa shape index (κ1) is 27.0. The third kappa shape index (κ3) is 5.56. The van der Waals surface area contributed by atoms with Crippen LogP contribution in [0.3, 0.4) is 0 Å². The number of fused-ring (bicyclic) bond motifs is 8. The average Bonchev–Trinajstić information content (AvgIpc) is 2.80. The van der Waals surface area contributed by atoms with Gasteiger partial charge in [0.2, 0.25) is 0 Å². The molecule has 1 aliphatic heterocycles. The molecule has 8 bridgehead atoms. The standard InChI is InChI=1S/C24H12Br4O4S4/c25-9-1-13-21(29)14(2-9)34-17-5-11(27)6-18(23(17)31)36-20-8-12(28)7-19(24(20)32)35-16-4-10(26)3-15(33-13)22(16)30/h1-8,29-32H. The summed E-state index contributed by atoms with van der Waals surface area (Å²) in [5.74, 6) is 0.145. The van der Waals surface area contributed by atoms with Gasteiger partial charge < -0.3 is 20.4 Å². The van der Waals surface area contributed by atoms with Crippen LogP contribution in [0.5, 0.6) is 23.0 Å². The Bertz CT molecular complexity index is 1230. The molecule has 4 N–H and O–H groups in total. The molecule has 36 heavy (non-hydrogen) atoms. The largest absolute Gasteiger partial charge is 0.506 e. The number of hydrogen-bond donors (Lipinski definition) is 4. The molecule has 0 atom stereocenters. The highest BCUT2D eigenvalue weighted by Gasteiger charge is 2.22. The Morgan fingerprint density at radius 2 is 0.472 bits per heavy atom. The molecule has 0 fully saturated rings. The van der Waals surface area contributed by atoms with Crippen molar-refractivity contribution in [3.8, 4) is 23.0 Å². The molecule has 0 saturated carbocycles. The number of phenols is 4. The molecule has 0 unspecified atom stereocenters. The van der Waals surface area contributed by atoms with Gasteiger partial charge in [0.25, 0.3) is 0 Å². The van der Waals surface area contributed by atoms with Crippen molar-refractivity contribution in [2.24, 2.45) is 0 Å². The minimum Gasteiger partial charge on any atom is -0.506 e. The van der Waals surface area contributed by atoms with E-state index in [1.54, 1.807) is 48.5 Å². The van der Waals surface area contributed by atoms with E-state index in [-0.39, 0.29) is 23.0 Å². The van der Waals surface area contributed by atoms with Crippen molar-refractivity contribution in [2.45, 2.75) is 39.2 Å². The second-order valence-electron chi connectivity index (χ2n) is 7.41. The highest BCUT2D eigenvalue weighted by atomic mass is 79.9. The lowest BCUT2D eigenvalue weighted by Gasteiger charge is -2.17. The fourth-order valence-electron chi connectivity index (χ4n) is 3.30. The zero-order valence-electron chi connectivity index (χ0n) is 17.6. The lowest BCUT2D eigenvalue weighted by atomic mass is 10.3. The van der Waals surface area contributed by atoms with Crippen molar-refractivity contribution < 1.29 is 20.4 Å². The maximum Gasteiger partial charge on any atom is 0.143 e. The van der Waals surface area contributed by atoms with Crippen molar-refractivity contribution in [3.63, 3.8) is 0 Å². The van der Waals surface area contributed by atoms with E-state index >= 15 is 0 Å². The fraction of sp³-hybridized carbons (Fsp3) is 0. The average molecular weight is 812 g/mol. The summed E-state index contributed by atoms with van der Waals surface area (Å²) in [7, 11) is 0. The molecule has 1 heterocycles. The topological polar surface area (TPSA) is 80.9 Å². The highest BCUT2D eigenvalue weighted by molar-refractivity contribution is 9.11. The maximum atomic E-state index is 11.1. The first-order valence-corrected chi connectivity index (χ1v) is 16.3. The van der Waals surface area contributed by atoms with E-state index in [2.05, 4.69) is 63.7 Å². The number of benzene rings is 4. The van der Waals surface area contributed by atoms with E-state index < -0.39 is 0 Å². The Morgan fingerprint density at radius 1 is 0.333 bits per heavy atom. The molecule has 1 aliphatic rings. The van der Waals surface area contributed by atoms with Gasteiger partial charge in [0, 0.05) is 17.9 Å². The maximum absolute atomic E-state index is 11.1. The van der Waals surface area contributed by atoms with Gasteiger partial charge in [-0.3, -0.25) is 0 Å². The molecule has 0 aromatic heterocycles. The third-order valence-electron chi connectivity index (χ3n) is 4.90. The predicted octanol–water partition coefficient (Wildman–Crippen LogP) is 10.5. The summed E-state index contributed by atoms with van der Waals surface area (Å²) in [6, 6.07) is 14.2. The van der Waals surface area contributed by atoms with E-state index in [0.29, 0.717) is 39.2 Å². The second-order valence-corrected chi connectivity index (χ2v) is 15.4. The summed E-state index contributed by atoms with van der Waals surface area (Å²) < 4.78 is 2.96. The molecule has 0 aliphatic carbocycles. The summed E-state index contributed by atoms with van der Waals surface area (Å²) in [5.41, 5.74) is 0. The molecule has 4 aromatic rings. The van der Waals surface area contributed by atoms with E-state index in [1.807, 2.05) is 0 Å². The molecule has 0 amide bonds. The minimum absolute atomic E-state index is 0.0363. The SMILES string of the molecule is Oc1c2cc(Br)cc1Sc1cc(Br)cc(c1O)Sc1cc(Br)cc(c1O)Sc1cc(Br)cc(c1O)S2. The molecule has 12 heteroatoms. The van der Waals surface area contributed by atoms with E-state index in [1.165, 1.54) is 47.0 Å². The quantitative estimate of drug-likeness (QED) is 0.123. The molecule has 4 aromatic carbocycles. The van der Waals surface area contributed by atoms with Crippen LogP contribution in [-0.4, -0.2) is 20.4 Å². The number of rotatable bonds is 0. The van der Waals surface area contributed by atoms with Gasteiger partial charge in [-0.1, -0.05) is 111 Å². The number of halogens is 4. The smallest absolute Gasteiger partial charge is 0.143 e. The first-order valence-electron chi connectivity index (χ1n) is 9.90.